The molecular weight excluding hydrogens is 184 g/mol. The third-order valence-electron chi connectivity index (χ3n) is 1.66. The highest BCUT2D eigenvalue weighted by atomic mass is 32.1. The van der Waals surface area contributed by atoms with Gasteiger partial charge in [0.15, 0.2) is 5.13 Å². The van der Waals surface area contributed by atoms with Crippen LogP contribution in [0, 0.1) is 0 Å². The standard InChI is InChI=1S/C8H10N4S/c1-12(2)8-9-5-7(13-8)6-3-10-11-4-6/h3-5H,1-2H3,(H,10,11). The Morgan fingerprint density at radius 2 is 2.23 bits per heavy atom. The largest absolute Gasteiger partial charge is 0.354 e. The number of H-pyrrole nitrogens is 1. The fourth-order valence-corrected chi connectivity index (χ4v) is 1.81. The second kappa shape index (κ2) is 3.18. The highest BCUT2D eigenvalue weighted by molar-refractivity contribution is 7.18. The van der Waals surface area contributed by atoms with E-state index in [2.05, 4.69) is 15.2 Å². The molecule has 2 aromatic rings. The van der Waals surface area contributed by atoms with Crippen LogP contribution in [0.1, 0.15) is 0 Å². The minimum atomic E-state index is 1.01. The smallest absolute Gasteiger partial charge is 0.185 e. The van der Waals surface area contributed by atoms with Gasteiger partial charge in [-0.25, -0.2) is 4.98 Å². The van der Waals surface area contributed by atoms with Gasteiger partial charge in [0.05, 0.1) is 11.1 Å². The third-order valence-corrected chi connectivity index (χ3v) is 2.87. The Labute approximate surface area is 80.2 Å². The van der Waals surface area contributed by atoms with E-state index in [9.17, 15) is 0 Å². The van der Waals surface area contributed by atoms with E-state index in [4.69, 9.17) is 0 Å². The SMILES string of the molecule is CN(C)c1ncc(-c2cn[nH]c2)s1. The van der Waals surface area contributed by atoms with Gasteiger partial charge in [0, 0.05) is 32.1 Å². The summed E-state index contributed by atoms with van der Waals surface area (Å²) in [5.41, 5.74) is 1.09. The summed E-state index contributed by atoms with van der Waals surface area (Å²) in [6.45, 7) is 0. The van der Waals surface area contributed by atoms with Crippen LogP contribution in [0.25, 0.3) is 10.4 Å². The lowest BCUT2D eigenvalue weighted by Crippen LogP contribution is -2.07. The first kappa shape index (κ1) is 8.25. The van der Waals surface area contributed by atoms with Crippen LogP contribution in [0.15, 0.2) is 18.6 Å². The second-order valence-electron chi connectivity index (χ2n) is 2.89. The number of thiazole rings is 1. The highest BCUT2D eigenvalue weighted by Crippen LogP contribution is 2.28. The molecule has 0 fully saturated rings. The first-order chi connectivity index (χ1) is 6.27. The molecule has 0 saturated heterocycles. The van der Waals surface area contributed by atoms with Gasteiger partial charge in [-0.05, 0) is 0 Å². The molecule has 0 saturated carbocycles. The first-order valence-electron chi connectivity index (χ1n) is 3.89. The molecule has 0 aromatic carbocycles. The molecule has 0 radical (unpaired) electrons. The van der Waals surface area contributed by atoms with Gasteiger partial charge in [0.25, 0.3) is 0 Å². The van der Waals surface area contributed by atoms with Gasteiger partial charge >= 0.3 is 0 Å². The molecule has 0 spiro atoms. The van der Waals surface area contributed by atoms with Gasteiger partial charge < -0.3 is 4.90 Å². The zero-order valence-electron chi connectivity index (χ0n) is 7.48. The average Bonchev–Trinajstić information content (AvgIpc) is 2.75. The van der Waals surface area contributed by atoms with Crippen molar-refractivity contribution in [2.75, 3.05) is 19.0 Å². The molecule has 0 aliphatic rings. The van der Waals surface area contributed by atoms with Crippen LogP contribution in [0.4, 0.5) is 5.13 Å². The van der Waals surface area contributed by atoms with Crippen molar-refractivity contribution in [2.24, 2.45) is 0 Å². The summed E-state index contributed by atoms with van der Waals surface area (Å²) in [5, 5.41) is 7.69. The molecule has 0 atom stereocenters. The van der Waals surface area contributed by atoms with Crippen molar-refractivity contribution in [1.82, 2.24) is 15.2 Å². The molecule has 1 N–H and O–H groups in total. The number of anilines is 1. The Morgan fingerprint density at radius 3 is 2.77 bits per heavy atom. The van der Waals surface area contributed by atoms with Crippen molar-refractivity contribution in [2.45, 2.75) is 0 Å². The predicted octanol–water partition coefficient (Wildman–Crippen LogP) is 1.60. The number of nitrogens with zero attached hydrogens (tertiary/aromatic N) is 3. The lowest BCUT2D eigenvalue weighted by atomic mass is 10.3. The first-order valence-corrected chi connectivity index (χ1v) is 4.71. The van der Waals surface area contributed by atoms with Crippen molar-refractivity contribution in [1.29, 1.82) is 0 Å². The van der Waals surface area contributed by atoms with Crippen LogP contribution in [0.2, 0.25) is 0 Å². The van der Waals surface area contributed by atoms with Gasteiger partial charge in [0.1, 0.15) is 0 Å². The van der Waals surface area contributed by atoms with Crippen LogP contribution >= 0.6 is 11.3 Å². The normalized spacial score (nSPS) is 10.3. The van der Waals surface area contributed by atoms with Crippen LogP contribution in [0.3, 0.4) is 0 Å². The molecule has 0 unspecified atom stereocenters. The maximum absolute atomic E-state index is 4.27. The Balaban J connectivity index is 2.33. The topological polar surface area (TPSA) is 44.8 Å². The summed E-state index contributed by atoms with van der Waals surface area (Å²) in [4.78, 5) is 7.41. The highest BCUT2D eigenvalue weighted by Gasteiger charge is 2.05. The fraction of sp³-hybridized carbons (Fsp3) is 0.250. The van der Waals surface area contributed by atoms with Crippen molar-refractivity contribution in [3.63, 3.8) is 0 Å². The maximum Gasteiger partial charge on any atom is 0.185 e. The molecule has 2 aromatic heterocycles. The number of aromatic nitrogens is 3. The molecule has 4 nitrogen and oxygen atoms in total. The summed E-state index contributed by atoms with van der Waals surface area (Å²) in [6, 6.07) is 0. The third kappa shape index (κ3) is 1.55. The molecule has 0 aliphatic heterocycles. The number of hydrogen-bond acceptors (Lipinski definition) is 4. The molecule has 0 bridgehead atoms. The minimum absolute atomic E-state index is 1.01. The van der Waals surface area contributed by atoms with Crippen molar-refractivity contribution in [3.05, 3.63) is 18.6 Å². The molecule has 0 amide bonds. The fourth-order valence-electron chi connectivity index (χ4n) is 0.991. The molecule has 13 heavy (non-hydrogen) atoms. The number of rotatable bonds is 2. The van der Waals surface area contributed by atoms with E-state index < -0.39 is 0 Å². The van der Waals surface area contributed by atoms with E-state index >= 15 is 0 Å². The van der Waals surface area contributed by atoms with E-state index in [0.717, 1.165) is 15.6 Å². The Kier molecular flexibility index (Phi) is 2.02. The second-order valence-corrected chi connectivity index (χ2v) is 3.90. The van der Waals surface area contributed by atoms with Gasteiger partial charge in [0.2, 0.25) is 0 Å². The number of aromatic amines is 1. The number of hydrogen-bond donors (Lipinski definition) is 1. The lowest BCUT2D eigenvalue weighted by Gasteiger charge is -2.04. The number of nitrogens with one attached hydrogen (secondary N) is 1. The zero-order chi connectivity index (χ0) is 9.26. The van der Waals surface area contributed by atoms with Crippen LogP contribution in [0.5, 0.6) is 0 Å². The van der Waals surface area contributed by atoms with E-state index in [0.29, 0.717) is 0 Å². The van der Waals surface area contributed by atoms with Gasteiger partial charge in [-0.1, -0.05) is 11.3 Å². The van der Waals surface area contributed by atoms with Crippen molar-refractivity contribution in [3.8, 4) is 10.4 Å². The molecular formula is C8H10N4S. The van der Waals surface area contributed by atoms with Gasteiger partial charge in [-0.15, -0.1) is 0 Å². The summed E-state index contributed by atoms with van der Waals surface area (Å²) in [7, 11) is 3.97. The quantitative estimate of drug-likeness (QED) is 0.789. The van der Waals surface area contributed by atoms with E-state index in [1.807, 2.05) is 31.4 Å². The monoisotopic (exact) mass is 194 g/mol. The molecule has 2 rings (SSSR count). The van der Waals surface area contributed by atoms with Crippen LogP contribution < -0.4 is 4.90 Å². The summed E-state index contributed by atoms with van der Waals surface area (Å²) < 4.78 is 0. The van der Waals surface area contributed by atoms with Crippen LogP contribution in [-0.2, 0) is 0 Å². The lowest BCUT2D eigenvalue weighted by molar-refractivity contribution is 1.09. The Hall–Kier alpha value is -1.36. The molecule has 2 heterocycles. The Morgan fingerprint density at radius 1 is 1.38 bits per heavy atom. The van der Waals surface area contributed by atoms with Crippen LogP contribution in [-0.4, -0.2) is 29.3 Å². The molecule has 0 aliphatic carbocycles. The average molecular weight is 194 g/mol. The van der Waals surface area contributed by atoms with E-state index in [1.54, 1.807) is 17.5 Å². The maximum atomic E-state index is 4.27. The van der Waals surface area contributed by atoms with Gasteiger partial charge in [-0.3, -0.25) is 5.10 Å². The minimum Gasteiger partial charge on any atom is -0.354 e. The van der Waals surface area contributed by atoms with Crippen molar-refractivity contribution < 1.29 is 0 Å². The summed E-state index contributed by atoms with van der Waals surface area (Å²) >= 11 is 1.65. The molecule has 5 heteroatoms. The Bertz CT molecular complexity index is 377. The van der Waals surface area contributed by atoms with E-state index in [1.165, 1.54) is 0 Å². The molecule has 68 valence electrons. The predicted molar refractivity (Wildman–Crippen MR) is 54.0 cm³/mol. The van der Waals surface area contributed by atoms with E-state index in [-0.39, 0.29) is 0 Å². The van der Waals surface area contributed by atoms with Gasteiger partial charge in [-0.2, -0.15) is 5.10 Å². The van der Waals surface area contributed by atoms with Crippen molar-refractivity contribution >= 4 is 16.5 Å². The summed E-state index contributed by atoms with van der Waals surface area (Å²) in [6.07, 6.45) is 5.53. The summed E-state index contributed by atoms with van der Waals surface area (Å²) in [5.74, 6) is 0. The zero-order valence-corrected chi connectivity index (χ0v) is 8.30.